The largest absolute Gasteiger partial charge is 0.481 e. The second-order valence-corrected chi connectivity index (χ2v) is 5.87. The van der Waals surface area contributed by atoms with Crippen LogP contribution in [-0.4, -0.2) is 25.1 Å². The molecule has 120 valence electrons. The average molecular weight is 432 g/mol. The number of ether oxygens (including phenoxy) is 1. The van der Waals surface area contributed by atoms with Gasteiger partial charge in [0.1, 0.15) is 0 Å². The highest BCUT2D eigenvalue weighted by Crippen LogP contribution is 2.14. The molecule has 0 radical (unpaired) electrons. The van der Waals surface area contributed by atoms with Gasteiger partial charge in [0.15, 0.2) is 5.96 Å². The van der Waals surface area contributed by atoms with Gasteiger partial charge >= 0.3 is 0 Å². The molecule has 0 saturated carbocycles. The summed E-state index contributed by atoms with van der Waals surface area (Å²) in [7, 11) is 3.38. The first-order chi connectivity index (χ1) is 10.2. The molecule has 0 bridgehead atoms. The lowest BCUT2D eigenvalue weighted by Gasteiger charge is -2.11. The van der Waals surface area contributed by atoms with Crippen molar-refractivity contribution in [3.8, 4) is 5.88 Å². The third-order valence-corrected chi connectivity index (χ3v) is 3.92. The van der Waals surface area contributed by atoms with Crippen molar-refractivity contribution in [3.63, 3.8) is 0 Å². The number of guanidine groups is 1. The number of nitrogens with one attached hydrogen (secondary N) is 2. The van der Waals surface area contributed by atoms with E-state index in [1.807, 2.05) is 12.1 Å². The van der Waals surface area contributed by atoms with Crippen LogP contribution in [0.5, 0.6) is 5.88 Å². The molecule has 0 spiro atoms. The molecule has 22 heavy (non-hydrogen) atoms. The van der Waals surface area contributed by atoms with E-state index in [9.17, 15) is 0 Å². The van der Waals surface area contributed by atoms with Gasteiger partial charge in [0, 0.05) is 35.6 Å². The zero-order valence-electron chi connectivity index (χ0n) is 12.9. The number of aliphatic imine (C=N–C) groups is 1. The lowest BCUT2D eigenvalue weighted by molar-refractivity contribution is 0.397. The zero-order valence-corrected chi connectivity index (χ0v) is 16.1. The molecule has 5 nitrogen and oxygen atoms in total. The quantitative estimate of drug-likeness (QED) is 0.434. The number of thiophene rings is 1. The van der Waals surface area contributed by atoms with E-state index in [0.717, 1.165) is 18.1 Å². The minimum atomic E-state index is 0. The van der Waals surface area contributed by atoms with Crippen molar-refractivity contribution < 1.29 is 4.74 Å². The van der Waals surface area contributed by atoms with Crippen LogP contribution < -0.4 is 15.4 Å². The Kier molecular flexibility index (Phi) is 8.18. The summed E-state index contributed by atoms with van der Waals surface area (Å²) in [4.78, 5) is 10.9. The Morgan fingerprint density at radius 2 is 2.05 bits per heavy atom. The van der Waals surface area contributed by atoms with Crippen molar-refractivity contribution in [2.24, 2.45) is 4.99 Å². The first-order valence-corrected chi connectivity index (χ1v) is 7.51. The van der Waals surface area contributed by atoms with Gasteiger partial charge in [0.05, 0.1) is 13.7 Å². The zero-order chi connectivity index (χ0) is 15.1. The van der Waals surface area contributed by atoms with Crippen molar-refractivity contribution >= 4 is 41.3 Å². The molecule has 0 saturated heterocycles. The van der Waals surface area contributed by atoms with E-state index in [2.05, 4.69) is 39.7 Å². The monoisotopic (exact) mass is 432 g/mol. The second kappa shape index (κ2) is 9.62. The molecule has 2 heterocycles. The third kappa shape index (κ3) is 5.80. The summed E-state index contributed by atoms with van der Waals surface area (Å²) < 4.78 is 5.11. The molecule has 7 heteroatoms. The summed E-state index contributed by atoms with van der Waals surface area (Å²) in [6.07, 6.45) is 1.74. The molecule has 2 aromatic heterocycles. The molecule has 0 atom stereocenters. The standard InChI is InChI=1S/C15H20N4OS.HI/c1-11-4-5-13(21-11)10-19-15(16-2)18-9-12-6-7-17-14(8-12)20-3;/h4-8H,9-10H2,1-3H3,(H2,16,18,19);1H. The molecular formula is C15H21IN4OS. The minimum absolute atomic E-state index is 0. The number of halogens is 1. The van der Waals surface area contributed by atoms with Crippen LogP contribution in [0, 0.1) is 6.92 Å². The van der Waals surface area contributed by atoms with Crippen molar-refractivity contribution in [1.29, 1.82) is 0 Å². The van der Waals surface area contributed by atoms with Gasteiger partial charge in [-0.1, -0.05) is 0 Å². The highest BCUT2D eigenvalue weighted by atomic mass is 127. The van der Waals surface area contributed by atoms with Crippen molar-refractivity contribution in [2.75, 3.05) is 14.2 Å². The van der Waals surface area contributed by atoms with Crippen LogP contribution in [0.2, 0.25) is 0 Å². The van der Waals surface area contributed by atoms with Gasteiger partial charge < -0.3 is 15.4 Å². The highest BCUT2D eigenvalue weighted by Gasteiger charge is 2.02. The van der Waals surface area contributed by atoms with E-state index in [4.69, 9.17) is 4.74 Å². The number of aromatic nitrogens is 1. The van der Waals surface area contributed by atoms with Crippen molar-refractivity contribution in [1.82, 2.24) is 15.6 Å². The summed E-state index contributed by atoms with van der Waals surface area (Å²) in [6, 6.07) is 8.11. The van der Waals surface area contributed by atoms with Gasteiger partial charge in [-0.25, -0.2) is 4.98 Å². The lowest BCUT2D eigenvalue weighted by Crippen LogP contribution is -2.36. The molecule has 2 aromatic rings. The van der Waals surface area contributed by atoms with Crippen molar-refractivity contribution in [3.05, 3.63) is 45.8 Å². The molecule has 0 aliphatic carbocycles. The summed E-state index contributed by atoms with van der Waals surface area (Å²) in [5, 5.41) is 6.57. The molecule has 0 aromatic carbocycles. The summed E-state index contributed by atoms with van der Waals surface area (Å²) in [6.45, 7) is 3.55. The summed E-state index contributed by atoms with van der Waals surface area (Å²) >= 11 is 1.79. The fraction of sp³-hybridized carbons (Fsp3) is 0.333. The Morgan fingerprint density at radius 3 is 2.68 bits per heavy atom. The van der Waals surface area contributed by atoms with E-state index >= 15 is 0 Å². The topological polar surface area (TPSA) is 58.5 Å². The van der Waals surface area contributed by atoms with E-state index in [1.54, 1.807) is 31.7 Å². The maximum absolute atomic E-state index is 5.11. The van der Waals surface area contributed by atoms with Crippen LogP contribution in [0.3, 0.4) is 0 Å². The van der Waals surface area contributed by atoms with Gasteiger partial charge in [-0.05, 0) is 30.7 Å². The normalized spacial score (nSPS) is 10.8. The maximum Gasteiger partial charge on any atom is 0.213 e. The van der Waals surface area contributed by atoms with E-state index < -0.39 is 0 Å². The summed E-state index contributed by atoms with van der Waals surface area (Å²) in [5.74, 6) is 1.39. The average Bonchev–Trinajstić information content (AvgIpc) is 2.93. The van der Waals surface area contributed by atoms with Crippen LogP contribution in [0.15, 0.2) is 35.5 Å². The molecule has 0 fully saturated rings. The molecule has 0 aliphatic rings. The Balaban J connectivity index is 0.00000242. The van der Waals surface area contributed by atoms with Crippen LogP contribution in [0.1, 0.15) is 15.3 Å². The molecule has 0 unspecified atom stereocenters. The Bertz CT molecular complexity index is 615. The number of nitrogens with zero attached hydrogens (tertiary/aromatic N) is 2. The van der Waals surface area contributed by atoms with E-state index in [0.29, 0.717) is 12.4 Å². The van der Waals surface area contributed by atoms with Gasteiger partial charge in [-0.15, -0.1) is 35.3 Å². The van der Waals surface area contributed by atoms with Gasteiger partial charge in [0.2, 0.25) is 5.88 Å². The molecule has 0 aliphatic heterocycles. The lowest BCUT2D eigenvalue weighted by atomic mass is 10.2. The number of rotatable bonds is 5. The predicted molar refractivity (Wildman–Crippen MR) is 102 cm³/mol. The Hall–Kier alpha value is -1.35. The van der Waals surface area contributed by atoms with Crippen LogP contribution in [-0.2, 0) is 13.1 Å². The first kappa shape index (κ1) is 18.7. The van der Waals surface area contributed by atoms with Crippen LogP contribution in [0.25, 0.3) is 0 Å². The summed E-state index contributed by atoms with van der Waals surface area (Å²) in [5.41, 5.74) is 1.09. The smallest absolute Gasteiger partial charge is 0.213 e. The van der Waals surface area contributed by atoms with Gasteiger partial charge in [-0.2, -0.15) is 0 Å². The van der Waals surface area contributed by atoms with Crippen LogP contribution in [0.4, 0.5) is 0 Å². The highest BCUT2D eigenvalue weighted by molar-refractivity contribution is 14.0. The molecule has 0 amide bonds. The predicted octanol–water partition coefficient (Wildman–Crippen LogP) is 2.94. The Labute approximate surface area is 152 Å². The van der Waals surface area contributed by atoms with E-state index in [1.165, 1.54) is 9.75 Å². The fourth-order valence-electron chi connectivity index (χ4n) is 1.83. The van der Waals surface area contributed by atoms with Crippen molar-refractivity contribution in [2.45, 2.75) is 20.0 Å². The fourth-order valence-corrected chi connectivity index (χ4v) is 2.66. The second-order valence-electron chi connectivity index (χ2n) is 4.50. The number of pyridine rings is 1. The van der Waals surface area contributed by atoms with Crippen LogP contribution >= 0.6 is 35.3 Å². The van der Waals surface area contributed by atoms with Gasteiger partial charge in [-0.3, -0.25) is 4.99 Å². The number of methoxy groups -OCH3 is 1. The molecule has 2 rings (SSSR count). The maximum atomic E-state index is 5.11. The third-order valence-electron chi connectivity index (χ3n) is 2.92. The minimum Gasteiger partial charge on any atom is -0.481 e. The SMILES string of the molecule is CN=C(NCc1ccnc(OC)c1)NCc1ccc(C)s1.I. The van der Waals surface area contributed by atoms with E-state index in [-0.39, 0.29) is 24.0 Å². The number of hydrogen-bond donors (Lipinski definition) is 2. The Morgan fingerprint density at radius 1 is 1.27 bits per heavy atom. The number of aryl methyl sites for hydroxylation is 1. The molecule has 2 N–H and O–H groups in total. The first-order valence-electron chi connectivity index (χ1n) is 6.70. The molecular weight excluding hydrogens is 411 g/mol. The van der Waals surface area contributed by atoms with Gasteiger partial charge in [0.25, 0.3) is 0 Å². The number of hydrogen-bond acceptors (Lipinski definition) is 4.